The maximum absolute atomic E-state index is 12.7. The van der Waals surface area contributed by atoms with Crippen molar-refractivity contribution in [3.05, 3.63) is 62.8 Å². The monoisotopic (exact) mass is 463 g/mol. The van der Waals surface area contributed by atoms with Gasteiger partial charge in [0.05, 0.1) is 16.6 Å². The van der Waals surface area contributed by atoms with Crippen LogP contribution in [0.15, 0.2) is 42.5 Å². The number of halogens is 2. The largest absolute Gasteiger partial charge is 0.335 e. The van der Waals surface area contributed by atoms with Gasteiger partial charge < -0.3 is 10.2 Å². The molecule has 0 unspecified atom stereocenters. The normalized spacial score (nSPS) is 10.7. The van der Waals surface area contributed by atoms with Gasteiger partial charge in [0.15, 0.2) is 10.6 Å². The lowest BCUT2D eigenvalue weighted by atomic mass is 10.1. The van der Waals surface area contributed by atoms with Crippen LogP contribution in [0.5, 0.6) is 0 Å². The number of hydrogen-bond acceptors (Lipinski definition) is 4. The number of benzene rings is 2. The summed E-state index contributed by atoms with van der Waals surface area (Å²) in [6, 6.07) is 12.5. The quantitative estimate of drug-likeness (QED) is 0.533. The predicted octanol–water partition coefficient (Wildman–Crippen LogP) is 4.32. The van der Waals surface area contributed by atoms with Crippen molar-refractivity contribution in [2.45, 2.75) is 13.5 Å². The first-order valence-electron chi connectivity index (χ1n) is 8.95. The number of nitrogens with one attached hydrogen (secondary N) is 2. The summed E-state index contributed by atoms with van der Waals surface area (Å²) < 4.78 is 1.93. The van der Waals surface area contributed by atoms with Gasteiger partial charge >= 0.3 is 0 Å². The van der Waals surface area contributed by atoms with Gasteiger partial charge in [-0.25, -0.2) is 0 Å². The van der Waals surface area contributed by atoms with Crippen molar-refractivity contribution in [3.63, 3.8) is 0 Å². The van der Waals surface area contributed by atoms with E-state index in [0.717, 1.165) is 11.1 Å². The van der Waals surface area contributed by atoms with Crippen molar-refractivity contribution in [1.82, 2.24) is 19.7 Å². The number of hydrogen-bond donors (Lipinski definition) is 2. The molecule has 0 aliphatic rings. The zero-order valence-electron chi connectivity index (χ0n) is 16.3. The summed E-state index contributed by atoms with van der Waals surface area (Å²) in [6.45, 7) is 1.81. The Hall–Kier alpha value is -2.68. The molecule has 0 bridgehead atoms. The van der Waals surface area contributed by atoms with E-state index in [9.17, 15) is 9.59 Å². The van der Waals surface area contributed by atoms with Crippen LogP contribution in [-0.2, 0) is 16.1 Å². The number of H-pyrrole nitrogens is 1. The predicted molar refractivity (Wildman–Crippen MR) is 120 cm³/mol. The first-order valence-corrected chi connectivity index (χ1v) is 10.1. The highest BCUT2D eigenvalue weighted by atomic mass is 35.5. The van der Waals surface area contributed by atoms with E-state index in [-0.39, 0.29) is 24.9 Å². The number of aromatic amines is 1. The number of carbonyl (C=O) groups is 2. The average Bonchev–Trinajstić information content (AvgIpc) is 3.05. The van der Waals surface area contributed by atoms with E-state index in [2.05, 4.69) is 15.5 Å². The SMILES string of the molecule is Cc1ccc(-c2n[nH]c(=S)n2CC(=O)N(C)CC(=O)Nc2ccc(Cl)c(Cl)c2)cc1. The highest BCUT2D eigenvalue weighted by Gasteiger charge is 2.17. The Morgan fingerprint density at radius 3 is 2.53 bits per heavy atom. The number of anilines is 1. The standard InChI is InChI=1S/C20H19Cl2N5O2S/c1-12-3-5-13(6-4-12)19-24-25-20(30)27(19)11-18(29)26(2)10-17(28)23-14-7-8-15(21)16(22)9-14/h3-9H,10-11H2,1-2H3,(H,23,28)(H,25,30). The van der Waals surface area contributed by atoms with E-state index < -0.39 is 0 Å². The molecule has 10 heteroatoms. The number of rotatable bonds is 6. The molecule has 30 heavy (non-hydrogen) atoms. The summed E-state index contributed by atoms with van der Waals surface area (Å²) >= 11 is 17.1. The minimum absolute atomic E-state index is 0.0465. The van der Waals surface area contributed by atoms with Crippen molar-refractivity contribution < 1.29 is 9.59 Å². The number of carbonyl (C=O) groups excluding carboxylic acids is 2. The van der Waals surface area contributed by atoms with Gasteiger partial charge in [0.1, 0.15) is 6.54 Å². The molecule has 1 heterocycles. The molecule has 0 saturated carbocycles. The second kappa shape index (κ2) is 9.42. The van der Waals surface area contributed by atoms with Crippen molar-refractivity contribution in [2.24, 2.45) is 0 Å². The van der Waals surface area contributed by atoms with E-state index in [1.165, 1.54) is 4.90 Å². The Balaban J connectivity index is 1.66. The number of aryl methyl sites for hydroxylation is 1. The summed E-state index contributed by atoms with van der Waals surface area (Å²) in [6.07, 6.45) is 0. The Labute approximate surface area is 188 Å². The highest BCUT2D eigenvalue weighted by Crippen LogP contribution is 2.25. The maximum atomic E-state index is 12.7. The fraction of sp³-hybridized carbons (Fsp3) is 0.200. The lowest BCUT2D eigenvalue weighted by Crippen LogP contribution is -2.37. The van der Waals surface area contributed by atoms with Crippen molar-refractivity contribution >= 4 is 52.9 Å². The van der Waals surface area contributed by atoms with E-state index in [1.807, 2.05) is 31.2 Å². The van der Waals surface area contributed by atoms with Crippen LogP contribution < -0.4 is 5.32 Å². The smallest absolute Gasteiger partial charge is 0.243 e. The first kappa shape index (κ1) is 22.0. The summed E-state index contributed by atoms with van der Waals surface area (Å²) in [5.41, 5.74) is 2.44. The molecule has 7 nitrogen and oxygen atoms in total. The van der Waals surface area contributed by atoms with E-state index in [4.69, 9.17) is 35.4 Å². The average molecular weight is 464 g/mol. The molecule has 0 saturated heterocycles. The molecule has 0 radical (unpaired) electrons. The van der Waals surface area contributed by atoms with E-state index in [0.29, 0.717) is 26.3 Å². The van der Waals surface area contributed by atoms with Crippen LogP contribution in [-0.4, -0.2) is 45.1 Å². The van der Waals surface area contributed by atoms with Crippen molar-refractivity contribution in [3.8, 4) is 11.4 Å². The third-order valence-corrected chi connectivity index (χ3v) is 5.42. The van der Waals surface area contributed by atoms with Crippen LogP contribution in [0.4, 0.5) is 5.69 Å². The molecule has 0 fully saturated rings. The molecule has 2 N–H and O–H groups in total. The van der Waals surface area contributed by atoms with Crippen LogP contribution in [0.25, 0.3) is 11.4 Å². The molecule has 0 spiro atoms. The number of likely N-dealkylation sites (N-methyl/N-ethyl adjacent to an activating group) is 1. The van der Waals surface area contributed by atoms with E-state index in [1.54, 1.807) is 29.8 Å². The fourth-order valence-electron chi connectivity index (χ4n) is 2.72. The molecule has 3 rings (SSSR count). The molecule has 1 aromatic heterocycles. The Kier molecular flexibility index (Phi) is 6.91. The molecule has 0 atom stereocenters. The van der Waals surface area contributed by atoms with Gasteiger partial charge in [-0.05, 0) is 37.3 Å². The zero-order chi connectivity index (χ0) is 21.8. The van der Waals surface area contributed by atoms with Gasteiger partial charge in [0, 0.05) is 18.3 Å². The topological polar surface area (TPSA) is 83.0 Å². The van der Waals surface area contributed by atoms with Gasteiger partial charge in [-0.1, -0.05) is 53.0 Å². The molecule has 2 aromatic carbocycles. The van der Waals surface area contributed by atoms with Gasteiger partial charge in [0.25, 0.3) is 0 Å². The molecular weight excluding hydrogens is 445 g/mol. The van der Waals surface area contributed by atoms with Gasteiger partial charge in [-0.3, -0.25) is 19.3 Å². The lowest BCUT2D eigenvalue weighted by Gasteiger charge is -2.18. The summed E-state index contributed by atoms with van der Waals surface area (Å²) in [4.78, 5) is 26.3. The lowest BCUT2D eigenvalue weighted by molar-refractivity contribution is -0.133. The second-order valence-corrected chi connectivity index (χ2v) is 7.93. The Morgan fingerprint density at radius 1 is 1.17 bits per heavy atom. The van der Waals surface area contributed by atoms with Gasteiger partial charge in [-0.2, -0.15) is 5.10 Å². The first-order chi connectivity index (χ1) is 14.2. The van der Waals surface area contributed by atoms with Crippen molar-refractivity contribution in [2.75, 3.05) is 18.9 Å². The summed E-state index contributed by atoms with van der Waals surface area (Å²) in [7, 11) is 1.55. The molecule has 0 aliphatic carbocycles. The minimum Gasteiger partial charge on any atom is -0.335 e. The van der Waals surface area contributed by atoms with Crippen LogP contribution in [0.2, 0.25) is 10.0 Å². The maximum Gasteiger partial charge on any atom is 0.243 e. The summed E-state index contributed by atoms with van der Waals surface area (Å²) in [5, 5.41) is 10.4. The number of nitrogens with zero attached hydrogens (tertiary/aromatic N) is 3. The van der Waals surface area contributed by atoms with Crippen LogP contribution in [0, 0.1) is 11.7 Å². The number of amides is 2. The molecule has 2 amide bonds. The van der Waals surface area contributed by atoms with Crippen LogP contribution in [0.3, 0.4) is 0 Å². The Bertz CT molecular complexity index is 1140. The van der Waals surface area contributed by atoms with Crippen LogP contribution >= 0.6 is 35.4 Å². The minimum atomic E-state index is -0.362. The Morgan fingerprint density at radius 2 is 1.87 bits per heavy atom. The molecule has 0 aliphatic heterocycles. The molecule has 156 valence electrons. The highest BCUT2D eigenvalue weighted by molar-refractivity contribution is 7.71. The summed E-state index contributed by atoms with van der Waals surface area (Å²) in [5.74, 6) is -0.0917. The molecular formula is C20H19Cl2N5O2S. The third-order valence-electron chi connectivity index (χ3n) is 4.37. The van der Waals surface area contributed by atoms with E-state index >= 15 is 0 Å². The zero-order valence-corrected chi connectivity index (χ0v) is 18.6. The molecule has 3 aromatic rings. The number of aromatic nitrogens is 3. The van der Waals surface area contributed by atoms with Crippen LogP contribution in [0.1, 0.15) is 5.56 Å². The van der Waals surface area contributed by atoms with Crippen molar-refractivity contribution in [1.29, 1.82) is 0 Å². The second-order valence-electron chi connectivity index (χ2n) is 6.73. The van der Waals surface area contributed by atoms with Gasteiger partial charge in [0.2, 0.25) is 11.8 Å². The fourth-order valence-corrected chi connectivity index (χ4v) is 3.22. The van der Waals surface area contributed by atoms with Gasteiger partial charge in [-0.15, -0.1) is 0 Å². The third kappa shape index (κ3) is 5.27.